The summed E-state index contributed by atoms with van der Waals surface area (Å²) >= 11 is 0. The van der Waals surface area contributed by atoms with Crippen molar-refractivity contribution in [1.82, 2.24) is 16.0 Å². The molecule has 84 valence electrons. The minimum atomic E-state index is 0.448. The maximum Gasteiger partial charge on any atom is 0.0625 e. The molecule has 3 nitrogen and oxygen atoms in total. The Kier molecular flexibility index (Phi) is 4.35. The van der Waals surface area contributed by atoms with E-state index in [1.54, 1.807) is 0 Å². The van der Waals surface area contributed by atoms with Crippen LogP contribution in [0.5, 0.6) is 0 Å². The van der Waals surface area contributed by atoms with Crippen molar-refractivity contribution in [2.24, 2.45) is 17.8 Å². The molecule has 3 unspecified atom stereocenters. The molecule has 3 atom stereocenters. The normalized spacial score (nSPS) is 34.1. The molecule has 0 aromatic carbocycles. The van der Waals surface area contributed by atoms with Gasteiger partial charge in [0.05, 0.1) is 6.17 Å². The van der Waals surface area contributed by atoms with Gasteiger partial charge in [-0.15, -0.1) is 0 Å². The molecule has 1 aliphatic rings. The van der Waals surface area contributed by atoms with E-state index in [-0.39, 0.29) is 0 Å². The Balaban J connectivity index is 2.72. The molecule has 1 fully saturated rings. The summed E-state index contributed by atoms with van der Waals surface area (Å²) in [6.45, 7) is 10.1. The Labute approximate surface area is 88.0 Å². The highest BCUT2D eigenvalue weighted by molar-refractivity contribution is 4.91. The average molecular weight is 199 g/mol. The van der Waals surface area contributed by atoms with Gasteiger partial charge in [-0.3, -0.25) is 5.32 Å². The van der Waals surface area contributed by atoms with E-state index in [0.717, 1.165) is 6.67 Å². The zero-order valence-corrected chi connectivity index (χ0v) is 10.1. The largest absolute Gasteiger partial charge is 0.305 e. The van der Waals surface area contributed by atoms with Crippen LogP contribution in [-0.2, 0) is 0 Å². The SMILES string of the molecule is CNC1NCNC(C(C)C)C1C(C)C. The van der Waals surface area contributed by atoms with Crippen molar-refractivity contribution in [2.75, 3.05) is 13.7 Å². The third-order valence-corrected chi connectivity index (χ3v) is 3.26. The topological polar surface area (TPSA) is 36.1 Å². The first-order valence-electron chi connectivity index (χ1n) is 5.72. The molecule has 0 saturated carbocycles. The molecule has 3 heteroatoms. The van der Waals surface area contributed by atoms with Gasteiger partial charge in [0, 0.05) is 18.6 Å². The van der Waals surface area contributed by atoms with Crippen LogP contribution in [0.3, 0.4) is 0 Å². The van der Waals surface area contributed by atoms with Crippen LogP contribution in [0.25, 0.3) is 0 Å². The summed E-state index contributed by atoms with van der Waals surface area (Å²) in [5.41, 5.74) is 0. The smallest absolute Gasteiger partial charge is 0.0625 e. The second-order valence-electron chi connectivity index (χ2n) is 4.94. The fourth-order valence-corrected chi connectivity index (χ4v) is 2.54. The van der Waals surface area contributed by atoms with Gasteiger partial charge in [0.2, 0.25) is 0 Å². The second-order valence-corrected chi connectivity index (χ2v) is 4.94. The van der Waals surface area contributed by atoms with Crippen LogP contribution in [0.2, 0.25) is 0 Å². The molecule has 3 N–H and O–H groups in total. The fourth-order valence-electron chi connectivity index (χ4n) is 2.54. The van der Waals surface area contributed by atoms with Crippen LogP contribution < -0.4 is 16.0 Å². The van der Waals surface area contributed by atoms with Crippen molar-refractivity contribution in [3.8, 4) is 0 Å². The van der Waals surface area contributed by atoms with Crippen molar-refractivity contribution in [3.05, 3.63) is 0 Å². The molecule has 0 radical (unpaired) electrons. The molecule has 0 aliphatic carbocycles. The first-order chi connectivity index (χ1) is 6.57. The van der Waals surface area contributed by atoms with E-state index in [2.05, 4.69) is 43.6 Å². The van der Waals surface area contributed by atoms with E-state index in [1.807, 2.05) is 7.05 Å². The third kappa shape index (κ3) is 2.47. The molecule has 0 bridgehead atoms. The minimum Gasteiger partial charge on any atom is -0.305 e. The van der Waals surface area contributed by atoms with Crippen molar-refractivity contribution in [2.45, 2.75) is 39.9 Å². The summed E-state index contributed by atoms with van der Waals surface area (Å²) < 4.78 is 0. The lowest BCUT2D eigenvalue weighted by molar-refractivity contribution is 0.114. The van der Waals surface area contributed by atoms with Gasteiger partial charge in [0.25, 0.3) is 0 Å². The van der Waals surface area contributed by atoms with Gasteiger partial charge in [-0.25, -0.2) is 0 Å². The first-order valence-corrected chi connectivity index (χ1v) is 5.72. The highest BCUT2D eigenvalue weighted by Gasteiger charge is 2.35. The number of rotatable bonds is 3. The molecule has 1 saturated heterocycles. The van der Waals surface area contributed by atoms with Crippen molar-refractivity contribution in [3.63, 3.8) is 0 Å². The first kappa shape index (κ1) is 12.0. The average Bonchev–Trinajstić information content (AvgIpc) is 2.16. The standard InChI is InChI=1S/C11H25N3/c1-7(2)9-10(8(3)4)13-6-14-11(9)12-5/h7-14H,6H2,1-5H3. The van der Waals surface area contributed by atoms with Gasteiger partial charge in [-0.05, 0) is 18.9 Å². The van der Waals surface area contributed by atoms with Crippen LogP contribution in [0.4, 0.5) is 0 Å². The van der Waals surface area contributed by atoms with Crippen LogP contribution in [0.15, 0.2) is 0 Å². The van der Waals surface area contributed by atoms with Crippen molar-refractivity contribution in [1.29, 1.82) is 0 Å². The summed E-state index contributed by atoms with van der Waals surface area (Å²) in [7, 11) is 2.04. The Morgan fingerprint density at radius 3 is 2.14 bits per heavy atom. The van der Waals surface area contributed by atoms with Crippen molar-refractivity contribution < 1.29 is 0 Å². The molecule has 1 heterocycles. The number of hydrogen-bond acceptors (Lipinski definition) is 3. The summed E-state index contributed by atoms with van der Waals surface area (Å²) in [5.74, 6) is 2.05. The van der Waals surface area contributed by atoms with Gasteiger partial charge in [0.1, 0.15) is 0 Å². The summed E-state index contributed by atoms with van der Waals surface area (Å²) in [4.78, 5) is 0. The molecule has 14 heavy (non-hydrogen) atoms. The third-order valence-electron chi connectivity index (χ3n) is 3.26. The van der Waals surface area contributed by atoms with Gasteiger partial charge in [0.15, 0.2) is 0 Å². The second kappa shape index (κ2) is 5.10. The van der Waals surface area contributed by atoms with Crippen LogP contribution in [0.1, 0.15) is 27.7 Å². The van der Waals surface area contributed by atoms with Gasteiger partial charge >= 0.3 is 0 Å². The number of hydrogen-bond donors (Lipinski definition) is 3. The highest BCUT2D eigenvalue weighted by Crippen LogP contribution is 2.25. The monoisotopic (exact) mass is 199 g/mol. The molecule has 1 rings (SSSR count). The minimum absolute atomic E-state index is 0.448. The maximum atomic E-state index is 3.56. The summed E-state index contributed by atoms with van der Waals surface area (Å²) in [5, 5.41) is 10.4. The maximum absolute atomic E-state index is 3.56. The Bertz CT molecular complexity index is 168. The zero-order chi connectivity index (χ0) is 10.7. The van der Waals surface area contributed by atoms with E-state index in [0.29, 0.717) is 30.0 Å². The molecule has 0 aromatic heterocycles. The Morgan fingerprint density at radius 1 is 1.07 bits per heavy atom. The molecule has 1 aliphatic heterocycles. The lowest BCUT2D eigenvalue weighted by Crippen LogP contribution is -2.64. The van der Waals surface area contributed by atoms with E-state index in [4.69, 9.17) is 0 Å². The predicted molar refractivity (Wildman–Crippen MR) is 60.9 cm³/mol. The van der Waals surface area contributed by atoms with Crippen molar-refractivity contribution >= 4 is 0 Å². The Morgan fingerprint density at radius 2 is 1.71 bits per heavy atom. The van der Waals surface area contributed by atoms with E-state index in [1.165, 1.54) is 0 Å². The molecule has 0 aromatic rings. The molecular weight excluding hydrogens is 174 g/mol. The number of nitrogens with one attached hydrogen (secondary N) is 3. The van der Waals surface area contributed by atoms with Gasteiger partial charge in [-0.1, -0.05) is 27.7 Å². The molecule has 0 amide bonds. The predicted octanol–water partition coefficient (Wildman–Crippen LogP) is 0.979. The van der Waals surface area contributed by atoms with E-state index in [9.17, 15) is 0 Å². The quantitative estimate of drug-likeness (QED) is 0.634. The van der Waals surface area contributed by atoms with Crippen LogP contribution in [-0.4, -0.2) is 25.9 Å². The highest BCUT2D eigenvalue weighted by atomic mass is 15.2. The van der Waals surface area contributed by atoms with Gasteiger partial charge < -0.3 is 10.6 Å². The molecular formula is C11H25N3. The zero-order valence-electron chi connectivity index (χ0n) is 10.1. The van der Waals surface area contributed by atoms with E-state index >= 15 is 0 Å². The fraction of sp³-hybridized carbons (Fsp3) is 1.00. The van der Waals surface area contributed by atoms with Crippen LogP contribution in [0, 0.1) is 17.8 Å². The summed E-state index contributed by atoms with van der Waals surface area (Å²) in [6.07, 6.45) is 0.448. The lowest BCUT2D eigenvalue weighted by Gasteiger charge is -2.43. The molecule has 0 spiro atoms. The summed E-state index contributed by atoms with van der Waals surface area (Å²) in [6, 6.07) is 0.619. The van der Waals surface area contributed by atoms with Crippen LogP contribution >= 0.6 is 0 Å². The van der Waals surface area contributed by atoms with Gasteiger partial charge in [-0.2, -0.15) is 0 Å². The lowest BCUT2D eigenvalue weighted by atomic mass is 9.79. The Hall–Kier alpha value is -0.120. The van der Waals surface area contributed by atoms with E-state index < -0.39 is 0 Å².